The number of amides is 1. The molecule has 4 nitrogen and oxygen atoms in total. The predicted octanol–water partition coefficient (Wildman–Crippen LogP) is 3.49. The Bertz CT molecular complexity index is 573. The molecule has 1 unspecified atom stereocenters. The molecule has 2 rings (SSSR count). The molecule has 1 aliphatic heterocycles. The van der Waals surface area contributed by atoms with Crippen LogP contribution in [0.4, 0.5) is 4.79 Å². The van der Waals surface area contributed by atoms with Crippen LogP contribution in [0.15, 0.2) is 12.1 Å². The molecule has 1 aromatic rings. The molecule has 4 heteroatoms. The number of benzene rings is 1. The maximum Gasteiger partial charge on any atom is 0.407 e. The number of hydrogen-bond donors (Lipinski definition) is 1. The summed E-state index contributed by atoms with van der Waals surface area (Å²) in [6.45, 7) is 6.67. The molecule has 0 bridgehead atoms. The lowest BCUT2D eigenvalue weighted by atomic mass is 9.84. The van der Waals surface area contributed by atoms with E-state index in [-0.39, 0.29) is 6.04 Å². The molecule has 1 aliphatic rings. The number of nitrogens with zero attached hydrogens (tertiary/aromatic N) is 2. The smallest absolute Gasteiger partial charge is 0.407 e. The normalized spacial score (nSPS) is 17.8. The largest absolute Gasteiger partial charge is 0.465 e. The van der Waals surface area contributed by atoms with Crippen LogP contribution in [0.1, 0.15) is 48.6 Å². The van der Waals surface area contributed by atoms with Gasteiger partial charge in [-0.3, -0.25) is 0 Å². The van der Waals surface area contributed by atoms with Crippen molar-refractivity contribution in [2.45, 2.75) is 39.7 Å². The number of carbonyl (C=O) groups is 1. The standard InChI is InChI=1S/C16H20N2O2/c1-10(2)8-15-14-5-4-12(9-17)11(3)13(14)6-7-18(15)16(19)20/h4-5,10,15H,6-8H2,1-3H3,(H,19,20). The first-order valence-corrected chi connectivity index (χ1v) is 6.97. The van der Waals surface area contributed by atoms with Gasteiger partial charge in [0.2, 0.25) is 0 Å². The number of hydrogen-bond acceptors (Lipinski definition) is 2. The molecular formula is C16H20N2O2. The van der Waals surface area contributed by atoms with E-state index in [9.17, 15) is 9.90 Å². The fourth-order valence-electron chi connectivity index (χ4n) is 3.03. The molecule has 1 aromatic carbocycles. The van der Waals surface area contributed by atoms with Crippen molar-refractivity contribution in [2.24, 2.45) is 5.92 Å². The monoisotopic (exact) mass is 272 g/mol. The van der Waals surface area contributed by atoms with Crippen LogP contribution in [0.5, 0.6) is 0 Å². The van der Waals surface area contributed by atoms with Gasteiger partial charge in [-0.25, -0.2) is 4.79 Å². The molecule has 1 amide bonds. The molecule has 20 heavy (non-hydrogen) atoms. The first-order chi connectivity index (χ1) is 9.45. The van der Waals surface area contributed by atoms with Crippen molar-refractivity contribution in [3.05, 3.63) is 34.4 Å². The van der Waals surface area contributed by atoms with E-state index in [0.717, 1.165) is 23.1 Å². The Morgan fingerprint density at radius 2 is 2.25 bits per heavy atom. The van der Waals surface area contributed by atoms with E-state index in [1.54, 1.807) is 0 Å². The molecule has 0 fully saturated rings. The molecule has 1 atom stereocenters. The molecule has 1 N–H and O–H groups in total. The zero-order valence-electron chi connectivity index (χ0n) is 12.2. The zero-order chi connectivity index (χ0) is 14.9. The van der Waals surface area contributed by atoms with Gasteiger partial charge < -0.3 is 10.0 Å². The van der Waals surface area contributed by atoms with Gasteiger partial charge in [-0.2, -0.15) is 5.26 Å². The first kappa shape index (κ1) is 14.4. The first-order valence-electron chi connectivity index (χ1n) is 6.97. The Balaban J connectivity index is 2.50. The molecule has 0 aromatic heterocycles. The van der Waals surface area contributed by atoms with Gasteiger partial charge in [0, 0.05) is 6.54 Å². The average Bonchev–Trinajstić information content (AvgIpc) is 2.39. The van der Waals surface area contributed by atoms with E-state index < -0.39 is 6.09 Å². The van der Waals surface area contributed by atoms with Crippen LogP contribution >= 0.6 is 0 Å². The SMILES string of the molecule is Cc1c(C#N)ccc2c1CCN(C(=O)O)C2CC(C)C. The van der Waals surface area contributed by atoms with Crippen molar-refractivity contribution < 1.29 is 9.90 Å². The van der Waals surface area contributed by atoms with Gasteiger partial charge in [0.1, 0.15) is 0 Å². The Labute approximate surface area is 119 Å². The van der Waals surface area contributed by atoms with E-state index in [0.29, 0.717) is 24.4 Å². The van der Waals surface area contributed by atoms with E-state index >= 15 is 0 Å². The third-order valence-corrected chi connectivity index (χ3v) is 4.03. The third kappa shape index (κ3) is 2.49. The second-order valence-electron chi connectivity index (χ2n) is 5.79. The summed E-state index contributed by atoms with van der Waals surface area (Å²) in [6, 6.07) is 5.86. The summed E-state index contributed by atoms with van der Waals surface area (Å²) in [5.41, 5.74) is 3.93. The van der Waals surface area contributed by atoms with E-state index in [1.807, 2.05) is 19.1 Å². The maximum atomic E-state index is 11.4. The van der Waals surface area contributed by atoms with Crippen molar-refractivity contribution in [1.82, 2.24) is 4.90 Å². The maximum absolute atomic E-state index is 11.4. The third-order valence-electron chi connectivity index (χ3n) is 4.03. The number of rotatable bonds is 2. The lowest BCUT2D eigenvalue weighted by molar-refractivity contribution is 0.113. The zero-order valence-corrected chi connectivity index (χ0v) is 12.2. The lowest BCUT2D eigenvalue weighted by Crippen LogP contribution is -2.40. The summed E-state index contributed by atoms with van der Waals surface area (Å²) in [4.78, 5) is 13.0. The number of carboxylic acid groups (broad SMARTS) is 1. The summed E-state index contributed by atoms with van der Waals surface area (Å²) in [5.74, 6) is 0.420. The van der Waals surface area contributed by atoms with Crippen molar-refractivity contribution >= 4 is 6.09 Å². The van der Waals surface area contributed by atoms with Crippen LogP contribution < -0.4 is 0 Å². The topological polar surface area (TPSA) is 64.3 Å². The molecule has 0 aliphatic carbocycles. The highest BCUT2D eigenvalue weighted by atomic mass is 16.4. The second kappa shape index (κ2) is 5.54. The van der Waals surface area contributed by atoms with E-state index in [1.165, 1.54) is 4.90 Å². The van der Waals surface area contributed by atoms with Crippen molar-refractivity contribution in [3.8, 4) is 6.07 Å². The minimum absolute atomic E-state index is 0.0947. The average molecular weight is 272 g/mol. The highest BCUT2D eigenvalue weighted by molar-refractivity contribution is 5.67. The van der Waals surface area contributed by atoms with Crippen LogP contribution in [-0.2, 0) is 6.42 Å². The van der Waals surface area contributed by atoms with E-state index in [2.05, 4.69) is 19.9 Å². The van der Waals surface area contributed by atoms with Crippen molar-refractivity contribution in [2.75, 3.05) is 6.54 Å². The molecule has 0 saturated carbocycles. The molecule has 0 radical (unpaired) electrons. The second-order valence-corrected chi connectivity index (χ2v) is 5.79. The van der Waals surface area contributed by atoms with E-state index in [4.69, 9.17) is 5.26 Å². The molecule has 1 heterocycles. The Morgan fingerprint density at radius 3 is 2.80 bits per heavy atom. The van der Waals surface area contributed by atoms with Gasteiger partial charge in [0.25, 0.3) is 0 Å². The fraction of sp³-hybridized carbons (Fsp3) is 0.500. The van der Waals surface area contributed by atoms with Crippen LogP contribution in [-0.4, -0.2) is 22.6 Å². The minimum Gasteiger partial charge on any atom is -0.465 e. The van der Waals surface area contributed by atoms with Gasteiger partial charge in [-0.1, -0.05) is 19.9 Å². The van der Waals surface area contributed by atoms with Crippen LogP contribution in [0.25, 0.3) is 0 Å². The summed E-state index contributed by atoms with van der Waals surface area (Å²) < 4.78 is 0. The van der Waals surface area contributed by atoms with Crippen LogP contribution in [0.3, 0.4) is 0 Å². The summed E-state index contributed by atoms with van der Waals surface area (Å²) >= 11 is 0. The Morgan fingerprint density at radius 1 is 1.55 bits per heavy atom. The van der Waals surface area contributed by atoms with Gasteiger partial charge in [0.15, 0.2) is 0 Å². The Kier molecular flexibility index (Phi) is 3.99. The van der Waals surface area contributed by atoms with Gasteiger partial charge in [-0.05, 0) is 48.4 Å². The molecule has 0 saturated heterocycles. The quantitative estimate of drug-likeness (QED) is 0.896. The highest BCUT2D eigenvalue weighted by Gasteiger charge is 2.32. The van der Waals surface area contributed by atoms with Crippen molar-refractivity contribution in [3.63, 3.8) is 0 Å². The molecule has 106 valence electrons. The van der Waals surface area contributed by atoms with Crippen LogP contribution in [0.2, 0.25) is 0 Å². The number of nitriles is 1. The fourth-order valence-corrected chi connectivity index (χ4v) is 3.03. The summed E-state index contributed by atoms with van der Waals surface area (Å²) in [6.07, 6.45) is 0.644. The predicted molar refractivity (Wildman–Crippen MR) is 76.5 cm³/mol. The molecular weight excluding hydrogens is 252 g/mol. The molecule has 0 spiro atoms. The highest BCUT2D eigenvalue weighted by Crippen LogP contribution is 2.36. The van der Waals surface area contributed by atoms with Gasteiger partial charge in [0.05, 0.1) is 17.7 Å². The van der Waals surface area contributed by atoms with Crippen LogP contribution in [0, 0.1) is 24.2 Å². The Hall–Kier alpha value is -2.02. The minimum atomic E-state index is -0.858. The van der Waals surface area contributed by atoms with Gasteiger partial charge in [-0.15, -0.1) is 0 Å². The summed E-state index contributed by atoms with van der Waals surface area (Å²) in [7, 11) is 0. The van der Waals surface area contributed by atoms with Crippen molar-refractivity contribution in [1.29, 1.82) is 5.26 Å². The number of fused-ring (bicyclic) bond motifs is 1. The lowest BCUT2D eigenvalue weighted by Gasteiger charge is -2.37. The van der Waals surface area contributed by atoms with Gasteiger partial charge >= 0.3 is 6.09 Å². The summed E-state index contributed by atoms with van der Waals surface area (Å²) in [5, 5.41) is 18.5.